The molecule has 1 nitrogen and oxygen atoms in total. The Morgan fingerprint density at radius 2 is 1.78 bits per heavy atom. The summed E-state index contributed by atoms with van der Waals surface area (Å²) in [5, 5.41) is 0. The highest BCUT2D eigenvalue weighted by Crippen LogP contribution is 2.32. The number of ether oxygens (including phenoxy) is 1. The van der Waals surface area contributed by atoms with Crippen LogP contribution in [0.25, 0.3) is 6.08 Å². The maximum Gasteiger partial charge on any atom is 0.124 e. The van der Waals surface area contributed by atoms with Crippen LogP contribution in [0.5, 0.6) is 5.75 Å². The van der Waals surface area contributed by atoms with E-state index in [4.69, 9.17) is 4.74 Å². The Morgan fingerprint density at radius 1 is 1.09 bits per heavy atom. The van der Waals surface area contributed by atoms with Gasteiger partial charge in [0.1, 0.15) is 11.9 Å². The molecule has 0 N–H and O–H groups in total. The van der Waals surface area contributed by atoms with Crippen molar-refractivity contribution in [2.75, 3.05) is 0 Å². The first-order chi connectivity index (χ1) is 10.9. The third-order valence-electron chi connectivity index (χ3n) is 4.03. The van der Waals surface area contributed by atoms with E-state index in [9.17, 15) is 0 Å². The molecule has 0 spiro atoms. The van der Waals surface area contributed by atoms with Gasteiger partial charge in [-0.15, -0.1) is 0 Å². The molecule has 122 valence electrons. The predicted octanol–water partition coefficient (Wildman–Crippen LogP) is 6.55. The summed E-state index contributed by atoms with van der Waals surface area (Å²) < 4.78 is 6.37. The van der Waals surface area contributed by atoms with Crippen molar-refractivity contribution in [3.8, 4) is 5.75 Å². The third kappa shape index (κ3) is 4.72. The molecular formula is C22H28O. The van der Waals surface area contributed by atoms with Gasteiger partial charge in [-0.1, -0.05) is 83.2 Å². The van der Waals surface area contributed by atoms with Gasteiger partial charge in [0, 0.05) is 0 Å². The van der Waals surface area contributed by atoms with E-state index in [2.05, 4.69) is 76.7 Å². The van der Waals surface area contributed by atoms with Crippen molar-refractivity contribution < 1.29 is 4.74 Å². The van der Waals surface area contributed by atoms with Gasteiger partial charge in [-0.25, -0.2) is 0 Å². The summed E-state index contributed by atoms with van der Waals surface area (Å²) in [7, 11) is 0. The Balaban J connectivity index is 2.34. The van der Waals surface area contributed by atoms with Gasteiger partial charge in [0.25, 0.3) is 0 Å². The SMILES string of the molecule is C=Cc1cc(OC(CCC)c2ccccc2)cc(C(C)(C)C)c1. The predicted molar refractivity (Wildman–Crippen MR) is 100.0 cm³/mol. The molecule has 0 aromatic heterocycles. The van der Waals surface area contributed by atoms with Crippen molar-refractivity contribution in [1.82, 2.24) is 0 Å². The van der Waals surface area contributed by atoms with Gasteiger partial charge >= 0.3 is 0 Å². The van der Waals surface area contributed by atoms with Gasteiger partial charge in [0.2, 0.25) is 0 Å². The Hall–Kier alpha value is -2.02. The highest BCUT2D eigenvalue weighted by molar-refractivity contribution is 5.53. The van der Waals surface area contributed by atoms with E-state index in [1.54, 1.807) is 0 Å². The van der Waals surface area contributed by atoms with E-state index in [0.29, 0.717) is 0 Å². The summed E-state index contributed by atoms with van der Waals surface area (Å²) >= 11 is 0. The van der Waals surface area contributed by atoms with Gasteiger partial charge in [0.15, 0.2) is 0 Å². The van der Waals surface area contributed by atoms with E-state index in [1.165, 1.54) is 11.1 Å². The number of benzene rings is 2. The average Bonchev–Trinajstić information content (AvgIpc) is 2.54. The van der Waals surface area contributed by atoms with Crippen LogP contribution >= 0.6 is 0 Å². The maximum absolute atomic E-state index is 6.37. The lowest BCUT2D eigenvalue weighted by Gasteiger charge is -2.23. The summed E-state index contributed by atoms with van der Waals surface area (Å²) in [5.74, 6) is 0.926. The second kappa shape index (κ2) is 7.50. The normalized spacial score (nSPS) is 12.7. The molecule has 1 heteroatoms. The lowest BCUT2D eigenvalue weighted by Crippen LogP contribution is -2.13. The monoisotopic (exact) mass is 308 g/mol. The summed E-state index contributed by atoms with van der Waals surface area (Å²) in [5.41, 5.74) is 3.70. The van der Waals surface area contributed by atoms with Crippen molar-refractivity contribution in [3.63, 3.8) is 0 Å². The Morgan fingerprint density at radius 3 is 2.35 bits per heavy atom. The molecule has 0 saturated carbocycles. The first-order valence-electron chi connectivity index (χ1n) is 8.43. The molecule has 0 aliphatic carbocycles. The molecule has 0 fully saturated rings. The molecule has 2 aromatic rings. The van der Waals surface area contributed by atoms with Crippen molar-refractivity contribution in [2.45, 2.75) is 52.1 Å². The highest BCUT2D eigenvalue weighted by atomic mass is 16.5. The lowest BCUT2D eigenvalue weighted by molar-refractivity contribution is 0.193. The number of hydrogen-bond acceptors (Lipinski definition) is 1. The van der Waals surface area contributed by atoms with E-state index in [-0.39, 0.29) is 11.5 Å². The molecule has 0 aliphatic heterocycles. The van der Waals surface area contributed by atoms with Crippen LogP contribution in [0.1, 0.15) is 63.3 Å². The minimum atomic E-state index is 0.0874. The molecular weight excluding hydrogens is 280 g/mol. The van der Waals surface area contributed by atoms with E-state index < -0.39 is 0 Å². The van der Waals surface area contributed by atoms with E-state index in [0.717, 1.165) is 24.2 Å². The van der Waals surface area contributed by atoms with Gasteiger partial charge < -0.3 is 4.74 Å². The number of rotatable bonds is 6. The van der Waals surface area contributed by atoms with Crippen LogP contribution in [0.15, 0.2) is 55.1 Å². The Bertz CT molecular complexity index is 635. The Kier molecular flexibility index (Phi) is 5.65. The quantitative estimate of drug-likeness (QED) is 0.588. The molecule has 2 rings (SSSR count). The van der Waals surface area contributed by atoms with Crippen LogP contribution in [0, 0.1) is 0 Å². The summed E-state index contributed by atoms with van der Waals surface area (Å²) in [6.45, 7) is 12.8. The summed E-state index contributed by atoms with van der Waals surface area (Å²) in [4.78, 5) is 0. The van der Waals surface area contributed by atoms with Gasteiger partial charge in [-0.05, 0) is 40.7 Å². The molecule has 0 heterocycles. The lowest BCUT2D eigenvalue weighted by atomic mass is 9.86. The molecule has 0 aliphatic rings. The third-order valence-corrected chi connectivity index (χ3v) is 4.03. The first kappa shape index (κ1) is 17.3. The average molecular weight is 308 g/mol. The summed E-state index contributed by atoms with van der Waals surface area (Å²) in [6.07, 6.45) is 4.08. The zero-order valence-corrected chi connectivity index (χ0v) is 14.8. The van der Waals surface area contributed by atoms with Gasteiger partial charge in [-0.2, -0.15) is 0 Å². The molecule has 0 radical (unpaired) electrons. The maximum atomic E-state index is 6.37. The fourth-order valence-electron chi connectivity index (χ4n) is 2.63. The molecule has 0 amide bonds. The topological polar surface area (TPSA) is 9.23 Å². The molecule has 23 heavy (non-hydrogen) atoms. The highest BCUT2D eigenvalue weighted by Gasteiger charge is 2.17. The minimum absolute atomic E-state index is 0.0874. The van der Waals surface area contributed by atoms with E-state index >= 15 is 0 Å². The molecule has 1 unspecified atom stereocenters. The van der Waals surface area contributed by atoms with Crippen LogP contribution in [0.2, 0.25) is 0 Å². The van der Waals surface area contributed by atoms with Gasteiger partial charge in [-0.3, -0.25) is 0 Å². The van der Waals surface area contributed by atoms with Crippen LogP contribution in [-0.4, -0.2) is 0 Å². The molecule has 0 saturated heterocycles. The van der Waals surface area contributed by atoms with Crippen LogP contribution in [0.3, 0.4) is 0 Å². The van der Waals surface area contributed by atoms with Crippen molar-refractivity contribution in [2.24, 2.45) is 0 Å². The first-order valence-corrected chi connectivity index (χ1v) is 8.43. The second-order valence-electron chi connectivity index (χ2n) is 7.05. The van der Waals surface area contributed by atoms with Crippen LogP contribution in [0.4, 0.5) is 0 Å². The zero-order valence-electron chi connectivity index (χ0n) is 14.8. The minimum Gasteiger partial charge on any atom is -0.486 e. The van der Waals surface area contributed by atoms with Crippen molar-refractivity contribution in [1.29, 1.82) is 0 Å². The fourth-order valence-corrected chi connectivity index (χ4v) is 2.63. The van der Waals surface area contributed by atoms with Crippen LogP contribution < -0.4 is 4.74 Å². The fraction of sp³-hybridized carbons (Fsp3) is 0.364. The largest absolute Gasteiger partial charge is 0.486 e. The molecule has 0 bridgehead atoms. The zero-order chi connectivity index (χ0) is 16.9. The van der Waals surface area contributed by atoms with Gasteiger partial charge in [0.05, 0.1) is 0 Å². The smallest absolute Gasteiger partial charge is 0.124 e. The summed E-state index contributed by atoms with van der Waals surface area (Å²) in [6, 6.07) is 16.9. The standard InChI is InChI=1S/C22H28O/c1-6-11-21(18-12-9-8-10-13-18)23-20-15-17(7-2)14-19(16-20)22(3,4)5/h7-10,12-16,21H,2,6,11H2,1,3-5H3. The Labute approximate surface area is 141 Å². The van der Waals surface area contributed by atoms with Crippen molar-refractivity contribution in [3.05, 3.63) is 71.8 Å². The van der Waals surface area contributed by atoms with E-state index in [1.807, 2.05) is 12.1 Å². The second-order valence-corrected chi connectivity index (χ2v) is 7.05. The van der Waals surface area contributed by atoms with Crippen LogP contribution in [-0.2, 0) is 5.41 Å². The molecule has 2 aromatic carbocycles. The van der Waals surface area contributed by atoms with Crippen molar-refractivity contribution >= 4 is 6.08 Å². The molecule has 1 atom stereocenters. The number of hydrogen-bond donors (Lipinski definition) is 0.